The van der Waals surface area contributed by atoms with Gasteiger partial charge in [0, 0.05) is 23.3 Å². The summed E-state index contributed by atoms with van der Waals surface area (Å²) in [5.41, 5.74) is 5.96. The molecule has 0 aliphatic carbocycles. The zero-order chi connectivity index (χ0) is 19.7. The van der Waals surface area contributed by atoms with Gasteiger partial charge in [-0.05, 0) is 31.5 Å². The summed E-state index contributed by atoms with van der Waals surface area (Å²) in [5, 5.41) is 7.43. The van der Waals surface area contributed by atoms with Gasteiger partial charge in [0.2, 0.25) is 0 Å². The molecule has 0 saturated heterocycles. The van der Waals surface area contributed by atoms with Gasteiger partial charge < -0.3 is 5.32 Å². The summed E-state index contributed by atoms with van der Waals surface area (Å²) < 4.78 is 1.79. The van der Waals surface area contributed by atoms with Gasteiger partial charge in [-0.25, -0.2) is 9.50 Å². The second-order valence-corrected chi connectivity index (χ2v) is 6.76. The Morgan fingerprint density at radius 2 is 1.68 bits per heavy atom. The molecular formula is C23H20N4O. The Bertz CT molecular complexity index is 1170. The Balaban J connectivity index is 1.71. The molecule has 2 aromatic carbocycles. The molecule has 0 radical (unpaired) electrons. The number of allylic oxidation sites excluding steroid dienone is 1. The van der Waals surface area contributed by atoms with E-state index in [9.17, 15) is 4.79 Å². The first-order valence-corrected chi connectivity index (χ1v) is 9.01. The number of hydrogen-bond donors (Lipinski definition) is 1. The van der Waals surface area contributed by atoms with E-state index in [0.29, 0.717) is 17.0 Å². The van der Waals surface area contributed by atoms with Crippen molar-refractivity contribution in [3.63, 3.8) is 0 Å². The molecule has 1 amide bonds. The number of nitrogens with zero attached hydrogens (tertiary/aromatic N) is 3. The molecule has 0 aliphatic rings. The van der Waals surface area contributed by atoms with Gasteiger partial charge in [-0.3, -0.25) is 4.79 Å². The molecular weight excluding hydrogens is 348 g/mol. The van der Waals surface area contributed by atoms with Gasteiger partial charge in [0.15, 0.2) is 5.65 Å². The maximum Gasteiger partial charge on any atom is 0.256 e. The lowest BCUT2D eigenvalue weighted by Crippen LogP contribution is -2.14. The summed E-state index contributed by atoms with van der Waals surface area (Å²) >= 11 is 0. The van der Waals surface area contributed by atoms with Gasteiger partial charge in [-0.1, -0.05) is 54.6 Å². The Kier molecular flexibility index (Phi) is 4.49. The Morgan fingerprint density at radius 3 is 2.36 bits per heavy atom. The largest absolute Gasteiger partial charge is 0.306 e. The lowest BCUT2D eigenvalue weighted by Gasteiger charge is -2.10. The molecule has 0 fully saturated rings. The fourth-order valence-electron chi connectivity index (χ4n) is 3.06. The average molecular weight is 368 g/mol. The smallest absolute Gasteiger partial charge is 0.256 e. The summed E-state index contributed by atoms with van der Waals surface area (Å²) in [4.78, 5) is 17.2. The van der Waals surface area contributed by atoms with Crippen molar-refractivity contribution in [1.82, 2.24) is 14.6 Å². The monoisotopic (exact) mass is 368 g/mol. The zero-order valence-corrected chi connectivity index (χ0v) is 15.8. The van der Waals surface area contributed by atoms with Gasteiger partial charge in [0.05, 0.1) is 11.4 Å². The van der Waals surface area contributed by atoms with Crippen LogP contribution < -0.4 is 5.32 Å². The minimum Gasteiger partial charge on any atom is -0.306 e. The predicted octanol–water partition coefficient (Wildman–Crippen LogP) is 4.99. The van der Waals surface area contributed by atoms with Crippen LogP contribution in [0.1, 0.15) is 28.5 Å². The van der Waals surface area contributed by atoms with Crippen molar-refractivity contribution in [3.05, 3.63) is 90.1 Å². The second kappa shape index (κ2) is 7.12. The van der Waals surface area contributed by atoms with Crippen molar-refractivity contribution in [3.8, 4) is 11.3 Å². The molecule has 28 heavy (non-hydrogen) atoms. The number of fused-ring (bicyclic) bond motifs is 1. The third-order valence-electron chi connectivity index (χ3n) is 4.50. The quantitative estimate of drug-likeness (QED) is 0.552. The molecule has 138 valence electrons. The predicted molar refractivity (Wildman–Crippen MR) is 112 cm³/mol. The maximum absolute atomic E-state index is 12.7. The molecule has 4 aromatic rings. The highest BCUT2D eigenvalue weighted by molar-refractivity contribution is 6.04. The molecule has 5 heteroatoms. The van der Waals surface area contributed by atoms with E-state index in [0.717, 1.165) is 28.1 Å². The van der Waals surface area contributed by atoms with Crippen LogP contribution in [0.15, 0.2) is 73.3 Å². The first-order valence-electron chi connectivity index (χ1n) is 9.01. The molecule has 2 heterocycles. The van der Waals surface area contributed by atoms with Crippen molar-refractivity contribution in [2.24, 2.45) is 0 Å². The third-order valence-corrected chi connectivity index (χ3v) is 4.50. The van der Waals surface area contributed by atoms with Crippen LogP contribution in [-0.2, 0) is 0 Å². The lowest BCUT2D eigenvalue weighted by atomic mass is 10.1. The summed E-state index contributed by atoms with van der Waals surface area (Å²) in [5.74, 6) is 0.278. The first-order chi connectivity index (χ1) is 13.5. The normalized spacial score (nSPS) is 10.8. The zero-order valence-electron chi connectivity index (χ0n) is 15.8. The topological polar surface area (TPSA) is 59.3 Å². The molecule has 1 N–H and O–H groups in total. The molecule has 4 rings (SSSR count). The summed E-state index contributed by atoms with van der Waals surface area (Å²) in [6.45, 7) is 7.78. The van der Waals surface area contributed by atoms with Gasteiger partial charge in [-0.15, -0.1) is 0 Å². The number of hydrogen-bond acceptors (Lipinski definition) is 3. The van der Waals surface area contributed by atoms with E-state index in [-0.39, 0.29) is 5.91 Å². The first kappa shape index (κ1) is 17.7. The van der Waals surface area contributed by atoms with E-state index in [4.69, 9.17) is 0 Å². The van der Waals surface area contributed by atoms with Crippen molar-refractivity contribution in [1.29, 1.82) is 0 Å². The van der Waals surface area contributed by atoms with E-state index in [1.54, 1.807) is 16.6 Å². The van der Waals surface area contributed by atoms with Gasteiger partial charge in [0.1, 0.15) is 5.82 Å². The number of amides is 1. The number of nitrogens with one attached hydrogen (secondary N) is 1. The lowest BCUT2D eigenvalue weighted by molar-refractivity contribution is 0.102. The average Bonchev–Trinajstić information content (AvgIpc) is 3.08. The van der Waals surface area contributed by atoms with Crippen molar-refractivity contribution < 1.29 is 4.79 Å². The Morgan fingerprint density at radius 1 is 1.00 bits per heavy atom. The van der Waals surface area contributed by atoms with Crippen LogP contribution in [0.3, 0.4) is 0 Å². The molecule has 0 saturated carbocycles. The Labute approximate surface area is 163 Å². The molecule has 5 nitrogen and oxygen atoms in total. The molecule has 0 spiro atoms. The van der Waals surface area contributed by atoms with Gasteiger partial charge >= 0.3 is 0 Å². The molecule has 2 aromatic heterocycles. The SMILES string of the molecule is C=C(C)c1ccc(C(=O)Nc2cc(-c3ccccc3)n3nc(C)cc3n2)cc1. The fourth-order valence-corrected chi connectivity index (χ4v) is 3.06. The molecule has 0 bridgehead atoms. The van der Waals surface area contributed by atoms with Crippen LogP contribution in [0.4, 0.5) is 5.82 Å². The number of aromatic nitrogens is 3. The number of carbonyl (C=O) groups excluding carboxylic acids is 1. The van der Waals surface area contributed by atoms with E-state index in [1.165, 1.54) is 0 Å². The minimum absolute atomic E-state index is 0.208. The summed E-state index contributed by atoms with van der Waals surface area (Å²) in [7, 11) is 0. The van der Waals surface area contributed by atoms with Crippen molar-refractivity contribution in [2.45, 2.75) is 13.8 Å². The number of rotatable bonds is 4. The highest BCUT2D eigenvalue weighted by Crippen LogP contribution is 2.24. The third kappa shape index (κ3) is 3.42. The maximum atomic E-state index is 12.7. The van der Waals surface area contributed by atoms with E-state index in [2.05, 4.69) is 22.0 Å². The van der Waals surface area contributed by atoms with Gasteiger partial charge in [-0.2, -0.15) is 5.10 Å². The fraction of sp³-hybridized carbons (Fsp3) is 0.0870. The van der Waals surface area contributed by atoms with Crippen LogP contribution in [0.5, 0.6) is 0 Å². The van der Waals surface area contributed by atoms with Gasteiger partial charge in [0.25, 0.3) is 5.91 Å². The van der Waals surface area contributed by atoms with E-state index < -0.39 is 0 Å². The number of anilines is 1. The summed E-state index contributed by atoms with van der Waals surface area (Å²) in [6.07, 6.45) is 0. The van der Waals surface area contributed by atoms with Crippen LogP contribution >= 0.6 is 0 Å². The van der Waals surface area contributed by atoms with E-state index in [1.807, 2.05) is 68.4 Å². The standard InChI is InChI=1S/C23H20N4O/c1-15(2)17-9-11-19(12-10-17)23(28)25-21-14-20(18-7-5-4-6-8-18)27-22(24-21)13-16(3)26-27/h4-14H,1H2,2-3H3,(H,24,25,28). The van der Waals surface area contributed by atoms with Crippen LogP contribution in [0, 0.1) is 6.92 Å². The van der Waals surface area contributed by atoms with Crippen molar-refractivity contribution >= 4 is 22.9 Å². The van der Waals surface area contributed by atoms with Crippen LogP contribution in [0.2, 0.25) is 0 Å². The second-order valence-electron chi connectivity index (χ2n) is 6.76. The van der Waals surface area contributed by atoms with Crippen molar-refractivity contribution in [2.75, 3.05) is 5.32 Å². The Hall–Kier alpha value is -3.73. The van der Waals surface area contributed by atoms with Crippen LogP contribution in [0.25, 0.3) is 22.5 Å². The van der Waals surface area contributed by atoms with Crippen LogP contribution in [-0.4, -0.2) is 20.5 Å². The number of benzene rings is 2. The summed E-state index contributed by atoms with van der Waals surface area (Å²) in [6, 6.07) is 21.0. The highest BCUT2D eigenvalue weighted by Gasteiger charge is 2.13. The molecule has 0 aliphatic heterocycles. The minimum atomic E-state index is -0.208. The highest BCUT2D eigenvalue weighted by atomic mass is 16.1. The number of carbonyl (C=O) groups is 1. The molecule has 0 atom stereocenters. The van der Waals surface area contributed by atoms with E-state index >= 15 is 0 Å². The molecule has 0 unspecified atom stereocenters. The number of aryl methyl sites for hydroxylation is 1.